The van der Waals surface area contributed by atoms with Crippen molar-refractivity contribution in [2.45, 2.75) is 52.6 Å². The molecule has 0 aliphatic carbocycles. The fraction of sp³-hybridized carbons (Fsp3) is 0.381. The van der Waals surface area contributed by atoms with Crippen molar-refractivity contribution in [2.75, 3.05) is 0 Å². The van der Waals surface area contributed by atoms with Crippen molar-refractivity contribution in [3.8, 4) is 5.75 Å². The Hall–Kier alpha value is -2.29. The van der Waals surface area contributed by atoms with Gasteiger partial charge >= 0.3 is 6.16 Å². The molecule has 0 heterocycles. The molecule has 0 spiro atoms. The number of carbonyl (C=O) groups is 1. The average molecular weight is 326 g/mol. The Morgan fingerprint density at radius 2 is 1.79 bits per heavy atom. The molecular formula is C21H26O3. The van der Waals surface area contributed by atoms with Gasteiger partial charge in [0.05, 0.1) is 0 Å². The fourth-order valence-corrected chi connectivity index (χ4v) is 2.68. The molecule has 24 heavy (non-hydrogen) atoms. The second-order valence-corrected chi connectivity index (χ2v) is 6.13. The summed E-state index contributed by atoms with van der Waals surface area (Å²) in [4.78, 5) is 12.2. The standard InChI is InChI=1S/C21H26O3/c1-4-5-7-12-20(18-10-8-6-9-11-18)24-21(22)23-19-14-13-16(2)15-17(19)3/h6,8-11,13-15,20H,4-5,7,12H2,1-3H3. The summed E-state index contributed by atoms with van der Waals surface area (Å²) in [5.41, 5.74) is 3.07. The van der Waals surface area contributed by atoms with Crippen LogP contribution in [0.1, 0.15) is 55.4 Å². The summed E-state index contributed by atoms with van der Waals surface area (Å²) in [7, 11) is 0. The van der Waals surface area contributed by atoms with Crippen LogP contribution in [-0.2, 0) is 4.74 Å². The van der Waals surface area contributed by atoms with Crippen LogP contribution in [0.25, 0.3) is 0 Å². The summed E-state index contributed by atoms with van der Waals surface area (Å²) in [5, 5.41) is 0. The van der Waals surface area contributed by atoms with E-state index in [1.54, 1.807) is 6.07 Å². The average Bonchev–Trinajstić information content (AvgIpc) is 2.57. The van der Waals surface area contributed by atoms with Crippen molar-refractivity contribution >= 4 is 6.16 Å². The third kappa shape index (κ3) is 5.41. The molecule has 1 unspecified atom stereocenters. The molecule has 0 aliphatic rings. The number of hydrogen-bond donors (Lipinski definition) is 0. The zero-order chi connectivity index (χ0) is 17.4. The van der Waals surface area contributed by atoms with Crippen LogP contribution in [0.4, 0.5) is 4.79 Å². The minimum absolute atomic E-state index is 0.268. The van der Waals surface area contributed by atoms with Gasteiger partial charge in [0.25, 0.3) is 0 Å². The number of hydrogen-bond acceptors (Lipinski definition) is 3. The predicted octanol–water partition coefficient (Wildman–Crippen LogP) is 6.14. The number of aryl methyl sites for hydroxylation is 2. The Labute approximate surface area is 144 Å². The van der Waals surface area contributed by atoms with Crippen molar-refractivity contribution in [3.63, 3.8) is 0 Å². The first kappa shape index (κ1) is 18.1. The third-order valence-electron chi connectivity index (χ3n) is 4.00. The zero-order valence-electron chi connectivity index (χ0n) is 14.7. The van der Waals surface area contributed by atoms with Gasteiger partial charge in [0.2, 0.25) is 0 Å². The lowest BCUT2D eigenvalue weighted by atomic mass is 10.0. The van der Waals surface area contributed by atoms with Gasteiger partial charge in [-0.25, -0.2) is 4.79 Å². The lowest BCUT2D eigenvalue weighted by molar-refractivity contribution is 0.0526. The van der Waals surface area contributed by atoms with Crippen LogP contribution < -0.4 is 4.74 Å². The minimum atomic E-state index is -0.646. The molecular weight excluding hydrogens is 300 g/mol. The highest BCUT2D eigenvalue weighted by atomic mass is 16.7. The number of rotatable bonds is 7. The molecule has 2 aromatic carbocycles. The molecule has 0 radical (unpaired) electrons. The maximum atomic E-state index is 12.2. The molecule has 0 fully saturated rings. The van der Waals surface area contributed by atoms with E-state index in [0.717, 1.165) is 42.4 Å². The molecule has 0 N–H and O–H groups in total. The van der Waals surface area contributed by atoms with Gasteiger partial charge < -0.3 is 9.47 Å². The van der Waals surface area contributed by atoms with Crippen LogP contribution in [0, 0.1) is 13.8 Å². The van der Waals surface area contributed by atoms with E-state index in [4.69, 9.17) is 9.47 Å². The van der Waals surface area contributed by atoms with E-state index in [1.807, 2.05) is 56.3 Å². The van der Waals surface area contributed by atoms with Crippen molar-refractivity contribution in [1.82, 2.24) is 0 Å². The zero-order valence-corrected chi connectivity index (χ0v) is 14.7. The Balaban J connectivity index is 2.03. The van der Waals surface area contributed by atoms with Crippen LogP contribution in [-0.4, -0.2) is 6.16 Å². The Kier molecular flexibility index (Phi) is 6.86. The van der Waals surface area contributed by atoms with Gasteiger partial charge in [-0.1, -0.05) is 67.8 Å². The van der Waals surface area contributed by atoms with Gasteiger partial charge in [-0.3, -0.25) is 0 Å². The monoisotopic (exact) mass is 326 g/mol. The topological polar surface area (TPSA) is 35.5 Å². The highest BCUT2D eigenvalue weighted by Crippen LogP contribution is 2.26. The van der Waals surface area contributed by atoms with E-state index in [1.165, 1.54) is 0 Å². The summed E-state index contributed by atoms with van der Waals surface area (Å²) < 4.78 is 11.0. The first-order valence-corrected chi connectivity index (χ1v) is 8.60. The Morgan fingerprint density at radius 3 is 2.46 bits per heavy atom. The maximum absolute atomic E-state index is 12.2. The van der Waals surface area contributed by atoms with Crippen LogP contribution in [0.5, 0.6) is 5.75 Å². The number of ether oxygens (including phenoxy) is 2. The van der Waals surface area contributed by atoms with Gasteiger partial charge in [-0.05, 0) is 43.9 Å². The number of benzene rings is 2. The fourth-order valence-electron chi connectivity index (χ4n) is 2.68. The van der Waals surface area contributed by atoms with Crippen molar-refractivity contribution < 1.29 is 14.3 Å². The van der Waals surface area contributed by atoms with Crippen LogP contribution in [0.15, 0.2) is 48.5 Å². The normalized spacial score (nSPS) is 11.8. The van der Waals surface area contributed by atoms with E-state index in [0.29, 0.717) is 5.75 Å². The molecule has 0 amide bonds. The van der Waals surface area contributed by atoms with E-state index in [2.05, 4.69) is 6.92 Å². The Bertz CT molecular complexity index is 649. The van der Waals surface area contributed by atoms with Gasteiger partial charge in [0.15, 0.2) is 0 Å². The molecule has 1 atom stereocenters. The summed E-state index contributed by atoms with van der Waals surface area (Å²) in [6.07, 6.45) is 3.17. The van der Waals surface area contributed by atoms with Gasteiger partial charge in [-0.2, -0.15) is 0 Å². The van der Waals surface area contributed by atoms with E-state index in [9.17, 15) is 4.79 Å². The first-order chi connectivity index (χ1) is 11.6. The largest absolute Gasteiger partial charge is 0.514 e. The molecule has 2 rings (SSSR count). The summed E-state index contributed by atoms with van der Waals surface area (Å²) in [6, 6.07) is 15.6. The van der Waals surface area contributed by atoms with E-state index >= 15 is 0 Å². The second-order valence-electron chi connectivity index (χ2n) is 6.13. The van der Waals surface area contributed by atoms with Crippen molar-refractivity contribution in [2.24, 2.45) is 0 Å². The lowest BCUT2D eigenvalue weighted by Crippen LogP contribution is -2.16. The SMILES string of the molecule is CCCCCC(OC(=O)Oc1ccc(C)cc1C)c1ccccc1. The molecule has 0 saturated heterocycles. The number of carbonyl (C=O) groups excluding carboxylic acids is 1. The van der Waals surface area contributed by atoms with Gasteiger partial charge in [0.1, 0.15) is 11.9 Å². The summed E-state index contributed by atoms with van der Waals surface area (Å²) >= 11 is 0. The Morgan fingerprint density at radius 1 is 1.04 bits per heavy atom. The molecule has 0 aliphatic heterocycles. The number of unbranched alkanes of at least 4 members (excludes halogenated alkanes) is 2. The lowest BCUT2D eigenvalue weighted by Gasteiger charge is -2.18. The van der Waals surface area contributed by atoms with Crippen LogP contribution in [0.3, 0.4) is 0 Å². The van der Waals surface area contributed by atoms with E-state index < -0.39 is 6.16 Å². The van der Waals surface area contributed by atoms with E-state index in [-0.39, 0.29) is 6.10 Å². The predicted molar refractivity (Wildman–Crippen MR) is 96.4 cm³/mol. The van der Waals surface area contributed by atoms with Crippen molar-refractivity contribution in [1.29, 1.82) is 0 Å². The molecule has 0 aromatic heterocycles. The van der Waals surface area contributed by atoms with Gasteiger partial charge in [-0.15, -0.1) is 0 Å². The second kappa shape index (κ2) is 9.11. The smallest absolute Gasteiger partial charge is 0.426 e. The minimum Gasteiger partial charge on any atom is -0.426 e. The third-order valence-corrected chi connectivity index (χ3v) is 4.00. The molecule has 0 bridgehead atoms. The molecule has 2 aromatic rings. The molecule has 128 valence electrons. The maximum Gasteiger partial charge on any atom is 0.514 e. The molecule has 3 heteroatoms. The molecule has 3 nitrogen and oxygen atoms in total. The van der Waals surface area contributed by atoms with Crippen molar-refractivity contribution in [3.05, 3.63) is 65.2 Å². The quantitative estimate of drug-likeness (QED) is 0.348. The first-order valence-electron chi connectivity index (χ1n) is 8.60. The molecule has 0 saturated carbocycles. The van der Waals surface area contributed by atoms with Crippen LogP contribution >= 0.6 is 0 Å². The highest BCUT2D eigenvalue weighted by Gasteiger charge is 2.18. The summed E-state index contributed by atoms with van der Waals surface area (Å²) in [5.74, 6) is 0.547. The summed E-state index contributed by atoms with van der Waals surface area (Å²) in [6.45, 7) is 6.09. The highest BCUT2D eigenvalue weighted by molar-refractivity contribution is 5.65. The van der Waals surface area contributed by atoms with Gasteiger partial charge in [0, 0.05) is 0 Å². The van der Waals surface area contributed by atoms with Crippen LogP contribution in [0.2, 0.25) is 0 Å².